The van der Waals surface area contributed by atoms with Crippen LogP contribution in [0.4, 0.5) is 26.3 Å². The molecule has 0 saturated carbocycles. The number of allylic oxidation sites excluding steroid dienone is 2. The lowest BCUT2D eigenvalue weighted by Crippen LogP contribution is -2.01. The summed E-state index contributed by atoms with van der Waals surface area (Å²) in [7, 11) is 2.40. The van der Waals surface area contributed by atoms with E-state index in [4.69, 9.17) is 9.47 Å². The van der Waals surface area contributed by atoms with Gasteiger partial charge in [-0.2, -0.15) is 26.3 Å². The van der Waals surface area contributed by atoms with Gasteiger partial charge in [0.25, 0.3) is 0 Å². The predicted octanol–water partition coefficient (Wildman–Crippen LogP) is 4.85. The lowest BCUT2D eigenvalue weighted by molar-refractivity contribution is -0.0800. The first kappa shape index (κ1) is 17.9. The molecule has 0 atom stereocenters. The van der Waals surface area contributed by atoms with E-state index in [0.717, 1.165) is 24.3 Å². The van der Waals surface area contributed by atoms with Gasteiger partial charge in [-0.15, -0.1) is 0 Å². The molecule has 0 bridgehead atoms. The van der Waals surface area contributed by atoms with Crippen molar-refractivity contribution in [2.75, 3.05) is 14.2 Å². The third kappa shape index (κ3) is 5.71. The number of halogens is 6. The first-order valence-corrected chi connectivity index (χ1v) is 5.83. The van der Waals surface area contributed by atoms with Crippen LogP contribution < -0.4 is 9.47 Å². The Morgan fingerprint density at radius 2 is 1.05 bits per heavy atom. The summed E-state index contributed by atoms with van der Waals surface area (Å²) >= 11 is 0. The van der Waals surface area contributed by atoms with Gasteiger partial charge in [-0.25, -0.2) is 0 Å². The summed E-state index contributed by atoms with van der Waals surface area (Å²) in [5, 5.41) is 0. The van der Waals surface area contributed by atoms with Gasteiger partial charge in [0.05, 0.1) is 14.2 Å². The average Bonchev–Trinajstić information content (AvgIpc) is 2.40. The minimum Gasteiger partial charge on any atom is -0.496 e. The monoisotopic (exact) mass is 326 g/mol. The number of ether oxygens (including phenoxy) is 2. The van der Waals surface area contributed by atoms with Crippen molar-refractivity contribution in [1.82, 2.24) is 0 Å². The van der Waals surface area contributed by atoms with E-state index in [0.29, 0.717) is 0 Å². The van der Waals surface area contributed by atoms with Gasteiger partial charge in [-0.1, -0.05) is 0 Å². The lowest BCUT2D eigenvalue weighted by atomic mass is 10.1. The highest BCUT2D eigenvalue weighted by Crippen LogP contribution is 2.32. The van der Waals surface area contributed by atoms with Gasteiger partial charge in [0.1, 0.15) is 11.5 Å². The Hall–Kier alpha value is -2.12. The Bertz CT molecular complexity index is 518. The van der Waals surface area contributed by atoms with Crippen LogP contribution in [-0.4, -0.2) is 26.6 Å². The molecule has 0 saturated heterocycles. The number of hydrogen-bond acceptors (Lipinski definition) is 2. The summed E-state index contributed by atoms with van der Waals surface area (Å²) in [6, 6.07) is 2.33. The van der Waals surface area contributed by atoms with Crippen LogP contribution in [0.3, 0.4) is 0 Å². The summed E-state index contributed by atoms with van der Waals surface area (Å²) < 4.78 is 83.0. The maximum atomic E-state index is 12.2. The number of hydrogen-bond donors (Lipinski definition) is 0. The normalized spacial score (nSPS) is 13.1. The lowest BCUT2D eigenvalue weighted by Gasteiger charge is -2.11. The highest BCUT2D eigenvalue weighted by molar-refractivity contribution is 5.68. The molecule has 1 rings (SSSR count). The molecular formula is C14H12F6O2. The summed E-state index contributed by atoms with van der Waals surface area (Å²) in [5.74, 6) is -0.0220. The van der Waals surface area contributed by atoms with Gasteiger partial charge in [-0.3, -0.25) is 0 Å². The summed E-state index contributed by atoms with van der Waals surface area (Å²) in [6.45, 7) is 0. The summed E-state index contributed by atoms with van der Waals surface area (Å²) in [5.41, 5.74) is 0.0571. The molecule has 0 spiro atoms. The first-order valence-electron chi connectivity index (χ1n) is 5.83. The first-order chi connectivity index (χ1) is 10.1. The smallest absolute Gasteiger partial charge is 0.409 e. The van der Waals surface area contributed by atoms with Crippen molar-refractivity contribution in [3.63, 3.8) is 0 Å². The fourth-order valence-electron chi connectivity index (χ4n) is 1.57. The van der Waals surface area contributed by atoms with Crippen molar-refractivity contribution < 1.29 is 35.8 Å². The fraction of sp³-hybridized carbons (Fsp3) is 0.286. The van der Waals surface area contributed by atoms with Crippen LogP contribution in [0.25, 0.3) is 12.2 Å². The van der Waals surface area contributed by atoms with E-state index >= 15 is 0 Å². The molecule has 1 aromatic carbocycles. The zero-order valence-corrected chi connectivity index (χ0v) is 11.5. The highest BCUT2D eigenvalue weighted by atomic mass is 19.4. The maximum Gasteiger partial charge on any atom is 0.409 e. The molecule has 0 radical (unpaired) electrons. The van der Waals surface area contributed by atoms with Crippen molar-refractivity contribution in [1.29, 1.82) is 0 Å². The van der Waals surface area contributed by atoms with E-state index in [2.05, 4.69) is 0 Å². The maximum absolute atomic E-state index is 12.2. The van der Waals surface area contributed by atoms with Gasteiger partial charge in [0.2, 0.25) is 0 Å². The molecule has 0 fully saturated rings. The molecule has 0 aliphatic heterocycles. The van der Waals surface area contributed by atoms with Crippen LogP contribution in [0.1, 0.15) is 11.1 Å². The van der Waals surface area contributed by atoms with E-state index < -0.39 is 12.4 Å². The van der Waals surface area contributed by atoms with Crippen molar-refractivity contribution in [2.24, 2.45) is 0 Å². The van der Waals surface area contributed by atoms with Crippen molar-refractivity contribution in [3.05, 3.63) is 35.4 Å². The molecule has 1 aromatic rings. The molecule has 0 heterocycles. The standard InChI is InChI=1S/C14H12F6O2/c1-21-11-7-10(4-6-14(18,19)20)12(22-2)8-9(11)3-5-13(15,16)17/h3-8H,1-2H3/b5-3+,6-4+. The second-order valence-electron chi connectivity index (χ2n) is 4.09. The SMILES string of the molecule is COc1cc(/C=C/C(F)(F)F)c(OC)cc1/C=C/C(F)(F)F. The van der Waals surface area contributed by atoms with E-state index in [9.17, 15) is 26.3 Å². The van der Waals surface area contributed by atoms with E-state index in [-0.39, 0.29) is 34.8 Å². The third-order valence-electron chi connectivity index (χ3n) is 2.49. The zero-order valence-electron chi connectivity index (χ0n) is 11.5. The molecule has 0 N–H and O–H groups in total. The molecule has 0 amide bonds. The Balaban J connectivity index is 3.29. The highest BCUT2D eigenvalue weighted by Gasteiger charge is 2.23. The average molecular weight is 326 g/mol. The number of benzene rings is 1. The Morgan fingerprint density at radius 1 is 0.727 bits per heavy atom. The van der Waals surface area contributed by atoms with Crippen LogP contribution in [0.2, 0.25) is 0 Å². The Kier molecular flexibility index (Phi) is 5.51. The largest absolute Gasteiger partial charge is 0.496 e. The fourth-order valence-corrected chi connectivity index (χ4v) is 1.57. The molecule has 0 aliphatic rings. The Labute approximate surface area is 122 Å². The number of alkyl halides is 6. The third-order valence-corrected chi connectivity index (χ3v) is 2.49. The van der Waals surface area contributed by atoms with Gasteiger partial charge >= 0.3 is 12.4 Å². The predicted molar refractivity (Wildman–Crippen MR) is 69.7 cm³/mol. The molecule has 0 aromatic heterocycles. The second kappa shape index (κ2) is 6.76. The molecular weight excluding hydrogens is 314 g/mol. The topological polar surface area (TPSA) is 18.5 Å². The number of methoxy groups -OCH3 is 2. The molecule has 0 unspecified atom stereocenters. The van der Waals surface area contributed by atoms with Gasteiger partial charge in [0, 0.05) is 23.3 Å². The minimum absolute atomic E-state index is 0.00444. The minimum atomic E-state index is -4.52. The molecule has 22 heavy (non-hydrogen) atoms. The van der Waals surface area contributed by atoms with Crippen LogP contribution >= 0.6 is 0 Å². The van der Waals surface area contributed by atoms with Gasteiger partial charge in [0.15, 0.2) is 0 Å². The number of rotatable bonds is 4. The summed E-state index contributed by atoms with van der Waals surface area (Å²) in [6.07, 6.45) is -7.55. The zero-order chi connectivity index (χ0) is 17.0. The molecule has 122 valence electrons. The van der Waals surface area contributed by atoms with Crippen LogP contribution in [-0.2, 0) is 0 Å². The van der Waals surface area contributed by atoms with Crippen molar-refractivity contribution in [3.8, 4) is 11.5 Å². The van der Waals surface area contributed by atoms with Gasteiger partial charge < -0.3 is 9.47 Å². The van der Waals surface area contributed by atoms with E-state index in [1.807, 2.05) is 0 Å². The van der Waals surface area contributed by atoms with Crippen molar-refractivity contribution >= 4 is 12.2 Å². The van der Waals surface area contributed by atoms with Crippen LogP contribution in [0.15, 0.2) is 24.3 Å². The second-order valence-corrected chi connectivity index (χ2v) is 4.09. The van der Waals surface area contributed by atoms with E-state index in [1.54, 1.807) is 0 Å². The van der Waals surface area contributed by atoms with Gasteiger partial charge in [-0.05, 0) is 24.3 Å². The molecule has 2 nitrogen and oxygen atoms in total. The quantitative estimate of drug-likeness (QED) is 0.736. The summed E-state index contributed by atoms with van der Waals surface area (Å²) in [4.78, 5) is 0. The molecule has 8 heteroatoms. The van der Waals surface area contributed by atoms with Crippen LogP contribution in [0, 0.1) is 0 Å². The molecule has 0 aliphatic carbocycles. The Morgan fingerprint density at radius 3 is 1.27 bits per heavy atom. The van der Waals surface area contributed by atoms with Crippen molar-refractivity contribution in [2.45, 2.75) is 12.4 Å². The van der Waals surface area contributed by atoms with Crippen LogP contribution in [0.5, 0.6) is 11.5 Å². The van der Waals surface area contributed by atoms with E-state index in [1.165, 1.54) is 14.2 Å².